The van der Waals surface area contributed by atoms with Crippen molar-refractivity contribution in [2.75, 3.05) is 5.32 Å². The van der Waals surface area contributed by atoms with Crippen LogP contribution in [0.3, 0.4) is 0 Å². The molecule has 0 spiro atoms. The first-order chi connectivity index (χ1) is 11.5. The third-order valence-electron chi connectivity index (χ3n) is 3.31. The molecule has 0 aliphatic heterocycles. The molecule has 1 N–H and O–H groups in total. The minimum Gasteiger partial charge on any atom is -0.298 e. The van der Waals surface area contributed by atoms with Gasteiger partial charge in [-0.1, -0.05) is 53.3 Å². The van der Waals surface area contributed by atoms with E-state index in [9.17, 15) is 9.59 Å². The molecule has 3 rings (SSSR count). The Labute approximate surface area is 147 Å². The van der Waals surface area contributed by atoms with E-state index in [0.717, 1.165) is 15.8 Å². The van der Waals surface area contributed by atoms with Crippen molar-refractivity contribution in [2.45, 2.75) is 6.92 Å². The number of aromatic nitrogens is 1. The van der Waals surface area contributed by atoms with Gasteiger partial charge in [0.2, 0.25) is 0 Å². The van der Waals surface area contributed by atoms with Gasteiger partial charge in [0.05, 0.1) is 15.8 Å². The summed E-state index contributed by atoms with van der Waals surface area (Å²) in [6.07, 6.45) is 1.57. The predicted molar refractivity (Wildman–Crippen MR) is 98.4 cm³/mol. The number of halogens is 1. The number of amides is 1. The molecule has 1 aromatic heterocycles. The van der Waals surface area contributed by atoms with E-state index in [-0.39, 0.29) is 11.4 Å². The van der Waals surface area contributed by atoms with Crippen LogP contribution in [-0.4, -0.2) is 16.7 Å². The number of nitrogens with zero attached hydrogens (tertiary/aromatic N) is 1. The van der Waals surface area contributed by atoms with Crippen LogP contribution in [0.2, 0.25) is 5.02 Å². The Morgan fingerprint density at radius 2 is 1.92 bits per heavy atom. The average molecular weight is 357 g/mol. The van der Waals surface area contributed by atoms with Crippen molar-refractivity contribution in [1.82, 2.24) is 4.98 Å². The van der Waals surface area contributed by atoms with Crippen LogP contribution in [0.4, 0.5) is 5.13 Å². The Bertz CT molecular complexity index is 948. The van der Waals surface area contributed by atoms with Crippen LogP contribution in [0.25, 0.3) is 16.3 Å². The van der Waals surface area contributed by atoms with Crippen LogP contribution < -0.4 is 5.32 Å². The lowest BCUT2D eigenvalue weighted by atomic mass is 10.1. The second kappa shape index (κ2) is 6.95. The van der Waals surface area contributed by atoms with Gasteiger partial charge >= 0.3 is 0 Å². The van der Waals surface area contributed by atoms with Gasteiger partial charge in [0.25, 0.3) is 5.91 Å². The standard InChI is InChI=1S/C18H13ClN2O2S/c1-11(22)14(9-12-5-3-2-4-6-12)17(23)21-18-20-15-8-7-13(19)10-16(15)24-18/h2-10H,1H3,(H,20,21,23)/b14-9+. The van der Waals surface area contributed by atoms with Gasteiger partial charge in [0, 0.05) is 5.02 Å². The maximum Gasteiger partial charge on any atom is 0.261 e. The lowest BCUT2D eigenvalue weighted by Crippen LogP contribution is -2.18. The number of fused-ring (bicyclic) bond motifs is 1. The SMILES string of the molecule is CC(=O)/C(=C\c1ccccc1)C(=O)Nc1nc2ccc(Cl)cc2s1. The zero-order valence-electron chi connectivity index (χ0n) is 12.7. The number of hydrogen-bond donors (Lipinski definition) is 1. The monoisotopic (exact) mass is 356 g/mol. The first-order valence-electron chi connectivity index (χ1n) is 7.18. The number of thiazole rings is 1. The molecule has 0 atom stereocenters. The summed E-state index contributed by atoms with van der Waals surface area (Å²) in [5.74, 6) is -0.781. The van der Waals surface area contributed by atoms with Crippen molar-refractivity contribution in [1.29, 1.82) is 0 Å². The van der Waals surface area contributed by atoms with Crippen molar-refractivity contribution in [3.63, 3.8) is 0 Å². The number of benzene rings is 2. The number of Topliss-reactive ketones (excluding diaryl/α,β-unsaturated/α-hetero) is 1. The van der Waals surface area contributed by atoms with Crippen molar-refractivity contribution in [3.8, 4) is 0 Å². The second-order valence-corrected chi connectivity index (χ2v) is 6.58. The van der Waals surface area contributed by atoms with E-state index in [1.807, 2.05) is 30.3 Å². The molecule has 2 aromatic carbocycles. The largest absolute Gasteiger partial charge is 0.298 e. The molecule has 0 aliphatic rings. The van der Waals surface area contributed by atoms with Crippen LogP contribution in [0.15, 0.2) is 54.1 Å². The van der Waals surface area contributed by atoms with E-state index < -0.39 is 5.91 Å². The number of carbonyl (C=O) groups is 2. The number of nitrogens with one attached hydrogen (secondary N) is 1. The van der Waals surface area contributed by atoms with Crippen LogP contribution in [0.1, 0.15) is 12.5 Å². The molecule has 1 heterocycles. The summed E-state index contributed by atoms with van der Waals surface area (Å²) in [6.45, 7) is 1.37. The molecule has 4 nitrogen and oxygen atoms in total. The molecule has 0 fully saturated rings. The fraction of sp³-hybridized carbons (Fsp3) is 0.0556. The summed E-state index contributed by atoms with van der Waals surface area (Å²) in [4.78, 5) is 28.6. The summed E-state index contributed by atoms with van der Waals surface area (Å²) in [6, 6.07) is 14.5. The smallest absolute Gasteiger partial charge is 0.261 e. The highest BCUT2D eigenvalue weighted by molar-refractivity contribution is 7.22. The van der Waals surface area contributed by atoms with Crippen molar-refractivity contribution >= 4 is 56.1 Å². The van der Waals surface area contributed by atoms with Gasteiger partial charge in [0.15, 0.2) is 10.9 Å². The molecule has 1 amide bonds. The second-order valence-electron chi connectivity index (χ2n) is 5.11. The fourth-order valence-corrected chi connectivity index (χ4v) is 3.30. The van der Waals surface area contributed by atoms with Crippen LogP contribution in [-0.2, 0) is 9.59 Å². The quantitative estimate of drug-likeness (QED) is 0.423. The van der Waals surface area contributed by atoms with E-state index in [1.165, 1.54) is 18.3 Å². The van der Waals surface area contributed by atoms with E-state index in [0.29, 0.717) is 10.2 Å². The van der Waals surface area contributed by atoms with E-state index >= 15 is 0 Å². The molecule has 0 radical (unpaired) electrons. The van der Waals surface area contributed by atoms with Crippen molar-refractivity contribution < 1.29 is 9.59 Å². The van der Waals surface area contributed by atoms with Gasteiger partial charge in [-0.3, -0.25) is 14.9 Å². The van der Waals surface area contributed by atoms with Gasteiger partial charge in [-0.15, -0.1) is 0 Å². The number of carbonyl (C=O) groups excluding carboxylic acids is 2. The molecule has 0 aliphatic carbocycles. The lowest BCUT2D eigenvalue weighted by molar-refractivity contribution is -0.118. The Kier molecular flexibility index (Phi) is 4.74. The molecule has 0 saturated carbocycles. The summed E-state index contributed by atoms with van der Waals surface area (Å²) in [5, 5.41) is 3.73. The van der Waals surface area contributed by atoms with E-state index in [4.69, 9.17) is 11.6 Å². The molecule has 6 heteroatoms. The number of anilines is 1. The fourth-order valence-electron chi connectivity index (χ4n) is 2.16. The summed E-state index contributed by atoms with van der Waals surface area (Å²) >= 11 is 7.26. The molecule has 24 heavy (non-hydrogen) atoms. The van der Waals surface area contributed by atoms with Crippen LogP contribution in [0.5, 0.6) is 0 Å². The Balaban J connectivity index is 1.87. The predicted octanol–water partition coefficient (Wildman–Crippen LogP) is 4.56. The third-order valence-corrected chi connectivity index (χ3v) is 4.47. The van der Waals surface area contributed by atoms with Gasteiger partial charge in [-0.2, -0.15) is 0 Å². The molecule has 120 valence electrons. The highest BCUT2D eigenvalue weighted by atomic mass is 35.5. The van der Waals surface area contributed by atoms with Crippen molar-refractivity contribution in [2.24, 2.45) is 0 Å². The maximum absolute atomic E-state index is 12.4. The topological polar surface area (TPSA) is 59.1 Å². The zero-order chi connectivity index (χ0) is 17.1. The number of ketones is 1. The number of rotatable bonds is 4. The van der Waals surface area contributed by atoms with E-state index in [1.54, 1.807) is 24.3 Å². The molecular weight excluding hydrogens is 344 g/mol. The average Bonchev–Trinajstić information content (AvgIpc) is 2.94. The molecule has 0 unspecified atom stereocenters. The highest BCUT2D eigenvalue weighted by Gasteiger charge is 2.16. The number of hydrogen-bond acceptors (Lipinski definition) is 4. The molecule has 3 aromatic rings. The van der Waals surface area contributed by atoms with Crippen LogP contribution >= 0.6 is 22.9 Å². The Morgan fingerprint density at radius 3 is 2.62 bits per heavy atom. The Morgan fingerprint density at radius 1 is 1.17 bits per heavy atom. The third kappa shape index (κ3) is 3.69. The summed E-state index contributed by atoms with van der Waals surface area (Å²) < 4.78 is 0.870. The van der Waals surface area contributed by atoms with Gasteiger partial charge in [-0.25, -0.2) is 4.98 Å². The minimum atomic E-state index is -0.475. The maximum atomic E-state index is 12.4. The van der Waals surface area contributed by atoms with Gasteiger partial charge in [0.1, 0.15) is 0 Å². The van der Waals surface area contributed by atoms with Crippen LogP contribution in [0, 0.1) is 0 Å². The molecular formula is C18H13ClN2O2S. The normalized spacial score (nSPS) is 11.5. The highest BCUT2D eigenvalue weighted by Crippen LogP contribution is 2.28. The zero-order valence-corrected chi connectivity index (χ0v) is 14.3. The minimum absolute atomic E-state index is 0.0819. The lowest BCUT2D eigenvalue weighted by Gasteiger charge is -2.04. The first kappa shape index (κ1) is 16.4. The molecule has 0 saturated heterocycles. The summed E-state index contributed by atoms with van der Waals surface area (Å²) in [5.41, 5.74) is 1.61. The Hall–Kier alpha value is -2.50. The summed E-state index contributed by atoms with van der Waals surface area (Å²) in [7, 11) is 0. The molecule has 0 bridgehead atoms. The first-order valence-corrected chi connectivity index (χ1v) is 8.37. The van der Waals surface area contributed by atoms with E-state index in [2.05, 4.69) is 10.3 Å². The van der Waals surface area contributed by atoms with Gasteiger partial charge in [-0.05, 0) is 36.8 Å². The van der Waals surface area contributed by atoms with Crippen molar-refractivity contribution in [3.05, 3.63) is 64.7 Å². The van der Waals surface area contributed by atoms with Gasteiger partial charge < -0.3 is 0 Å².